The van der Waals surface area contributed by atoms with E-state index in [1.807, 2.05) is 0 Å². The van der Waals surface area contributed by atoms with Gasteiger partial charge in [0.05, 0.1) is 28.4 Å². The molecule has 1 fully saturated rings. The van der Waals surface area contributed by atoms with Gasteiger partial charge < -0.3 is 11.1 Å². The highest BCUT2D eigenvalue weighted by Gasteiger charge is 2.26. The molecule has 1 saturated carbocycles. The molecule has 0 saturated heterocycles. The summed E-state index contributed by atoms with van der Waals surface area (Å²) in [7, 11) is -3.64. The number of nitrogens with two attached hydrogens (primary N) is 1. The van der Waals surface area contributed by atoms with Gasteiger partial charge >= 0.3 is 0 Å². The smallest absolute Gasteiger partial charge is 0.254 e. The summed E-state index contributed by atoms with van der Waals surface area (Å²) >= 11 is 0. The van der Waals surface area contributed by atoms with Crippen LogP contribution in [0.1, 0.15) is 53.3 Å². The lowest BCUT2D eigenvalue weighted by atomic mass is 10.1. The SMILES string of the molecule is C[C@@H](NC(=O)c1ccc(-c2nc(C3CC3)cnc2N)cc1F)c1cc(F)cc(S(C)(=O)=O)c1. The van der Waals surface area contributed by atoms with E-state index in [1.165, 1.54) is 24.3 Å². The van der Waals surface area contributed by atoms with Crippen molar-refractivity contribution in [2.24, 2.45) is 0 Å². The Kier molecular flexibility index (Phi) is 5.87. The first-order valence-corrected chi connectivity index (χ1v) is 12.2. The molecule has 0 aliphatic heterocycles. The first-order valence-electron chi connectivity index (χ1n) is 10.3. The molecule has 2 aromatic carbocycles. The summed E-state index contributed by atoms with van der Waals surface area (Å²) in [6, 6.07) is 6.53. The zero-order chi connectivity index (χ0) is 23.9. The number of halogens is 2. The number of nitrogens with zero attached hydrogens (tertiary/aromatic N) is 2. The first-order chi connectivity index (χ1) is 15.5. The van der Waals surface area contributed by atoms with Gasteiger partial charge in [-0.05, 0) is 55.7 Å². The molecule has 1 aromatic heterocycles. The minimum atomic E-state index is -3.64. The molecule has 3 aromatic rings. The van der Waals surface area contributed by atoms with E-state index >= 15 is 0 Å². The first kappa shape index (κ1) is 22.8. The van der Waals surface area contributed by atoms with Gasteiger partial charge in [-0.1, -0.05) is 6.07 Å². The van der Waals surface area contributed by atoms with Crippen LogP contribution in [0.25, 0.3) is 11.3 Å². The number of carbonyl (C=O) groups excluding carboxylic acids is 1. The molecule has 1 aliphatic carbocycles. The van der Waals surface area contributed by atoms with Gasteiger partial charge in [0.15, 0.2) is 9.84 Å². The van der Waals surface area contributed by atoms with E-state index in [9.17, 15) is 22.0 Å². The molecule has 33 heavy (non-hydrogen) atoms. The Balaban J connectivity index is 1.56. The number of hydrogen-bond acceptors (Lipinski definition) is 6. The summed E-state index contributed by atoms with van der Waals surface area (Å²) in [5.41, 5.74) is 7.49. The average Bonchev–Trinajstić information content (AvgIpc) is 3.58. The van der Waals surface area contributed by atoms with Gasteiger partial charge in [-0.2, -0.15) is 0 Å². The second-order valence-corrected chi connectivity index (χ2v) is 10.2. The maximum atomic E-state index is 14.8. The molecular formula is C23H22F2N4O3S. The van der Waals surface area contributed by atoms with Crippen molar-refractivity contribution in [3.05, 3.63) is 71.1 Å². The largest absolute Gasteiger partial charge is 0.382 e. The van der Waals surface area contributed by atoms with Crippen LogP contribution in [0.4, 0.5) is 14.6 Å². The second-order valence-electron chi connectivity index (χ2n) is 8.19. The number of aromatic nitrogens is 2. The Morgan fingerprint density at radius 3 is 2.55 bits per heavy atom. The van der Waals surface area contributed by atoms with Gasteiger partial charge in [0, 0.05) is 17.7 Å². The molecule has 0 bridgehead atoms. The molecule has 172 valence electrons. The number of nitrogen functional groups attached to an aromatic ring is 1. The topological polar surface area (TPSA) is 115 Å². The monoisotopic (exact) mass is 472 g/mol. The number of benzene rings is 2. The van der Waals surface area contributed by atoms with Crippen molar-refractivity contribution in [2.75, 3.05) is 12.0 Å². The van der Waals surface area contributed by atoms with E-state index in [0.717, 1.165) is 36.9 Å². The number of amides is 1. The molecule has 1 atom stereocenters. The molecule has 1 amide bonds. The number of nitrogens with one attached hydrogen (secondary N) is 1. The molecule has 1 aliphatic rings. The summed E-state index contributed by atoms with van der Waals surface area (Å²) in [4.78, 5) is 21.1. The number of sulfone groups is 1. The fourth-order valence-corrected chi connectivity index (χ4v) is 4.13. The second kappa shape index (κ2) is 8.51. The zero-order valence-electron chi connectivity index (χ0n) is 18.0. The van der Waals surface area contributed by atoms with Crippen molar-refractivity contribution >= 4 is 21.6 Å². The maximum absolute atomic E-state index is 14.8. The molecule has 10 heteroatoms. The molecule has 1 heterocycles. The van der Waals surface area contributed by atoms with Crippen LogP contribution >= 0.6 is 0 Å². The fourth-order valence-electron chi connectivity index (χ4n) is 3.45. The number of rotatable bonds is 6. The van der Waals surface area contributed by atoms with E-state index < -0.39 is 33.4 Å². The number of carbonyl (C=O) groups is 1. The Hall–Kier alpha value is -3.40. The highest BCUT2D eigenvalue weighted by atomic mass is 32.2. The lowest BCUT2D eigenvalue weighted by Crippen LogP contribution is -2.27. The van der Waals surface area contributed by atoms with Crippen molar-refractivity contribution < 1.29 is 22.0 Å². The molecule has 3 N–H and O–H groups in total. The van der Waals surface area contributed by atoms with Crippen LogP contribution in [0.15, 0.2) is 47.5 Å². The van der Waals surface area contributed by atoms with E-state index in [0.29, 0.717) is 17.2 Å². The Bertz CT molecular complexity index is 1360. The summed E-state index contributed by atoms with van der Waals surface area (Å²) in [5.74, 6) is -1.76. The van der Waals surface area contributed by atoms with Gasteiger partial charge in [0.25, 0.3) is 5.91 Å². The van der Waals surface area contributed by atoms with Crippen LogP contribution in [-0.4, -0.2) is 30.5 Å². The van der Waals surface area contributed by atoms with E-state index in [-0.39, 0.29) is 21.8 Å². The van der Waals surface area contributed by atoms with Gasteiger partial charge in [-0.15, -0.1) is 0 Å². The minimum Gasteiger partial charge on any atom is -0.382 e. The Labute approximate surface area is 190 Å². The van der Waals surface area contributed by atoms with Crippen molar-refractivity contribution in [2.45, 2.75) is 36.6 Å². The number of anilines is 1. The summed E-state index contributed by atoms with van der Waals surface area (Å²) < 4.78 is 52.3. The van der Waals surface area contributed by atoms with E-state index in [1.54, 1.807) is 13.1 Å². The Morgan fingerprint density at radius 1 is 1.18 bits per heavy atom. The predicted octanol–water partition coefficient (Wildman–Crippen LogP) is 3.78. The average molecular weight is 473 g/mol. The minimum absolute atomic E-state index is 0.164. The number of hydrogen-bond donors (Lipinski definition) is 2. The van der Waals surface area contributed by atoms with Crippen LogP contribution in [0.3, 0.4) is 0 Å². The molecule has 0 unspecified atom stereocenters. The summed E-state index contributed by atoms with van der Waals surface area (Å²) in [6.45, 7) is 1.55. The molecule has 7 nitrogen and oxygen atoms in total. The van der Waals surface area contributed by atoms with E-state index in [4.69, 9.17) is 5.73 Å². The van der Waals surface area contributed by atoms with Gasteiger partial charge in [0.1, 0.15) is 23.1 Å². The fraction of sp³-hybridized carbons (Fsp3) is 0.261. The van der Waals surface area contributed by atoms with Crippen molar-refractivity contribution in [1.82, 2.24) is 15.3 Å². The van der Waals surface area contributed by atoms with Gasteiger partial charge in [-0.3, -0.25) is 4.79 Å². The summed E-state index contributed by atoms with van der Waals surface area (Å²) in [5, 5.41) is 2.57. The van der Waals surface area contributed by atoms with Crippen LogP contribution < -0.4 is 11.1 Å². The van der Waals surface area contributed by atoms with Crippen LogP contribution in [0.2, 0.25) is 0 Å². The molecule has 0 spiro atoms. The quantitative estimate of drug-likeness (QED) is 0.564. The van der Waals surface area contributed by atoms with E-state index in [2.05, 4.69) is 15.3 Å². The normalized spacial score (nSPS) is 14.7. The van der Waals surface area contributed by atoms with Crippen molar-refractivity contribution in [3.63, 3.8) is 0 Å². The predicted molar refractivity (Wildman–Crippen MR) is 119 cm³/mol. The van der Waals surface area contributed by atoms with Gasteiger partial charge in [0.2, 0.25) is 0 Å². The third kappa shape index (κ3) is 5.00. The van der Waals surface area contributed by atoms with Crippen molar-refractivity contribution in [1.29, 1.82) is 0 Å². The summed E-state index contributed by atoms with van der Waals surface area (Å²) in [6.07, 6.45) is 4.64. The maximum Gasteiger partial charge on any atom is 0.254 e. The zero-order valence-corrected chi connectivity index (χ0v) is 18.8. The van der Waals surface area contributed by atoms with Crippen LogP contribution in [0.5, 0.6) is 0 Å². The van der Waals surface area contributed by atoms with Gasteiger partial charge in [-0.25, -0.2) is 27.2 Å². The third-order valence-corrected chi connectivity index (χ3v) is 6.56. The lowest BCUT2D eigenvalue weighted by Gasteiger charge is -2.16. The molecule has 4 rings (SSSR count). The third-order valence-electron chi connectivity index (χ3n) is 5.47. The highest BCUT2D eigenvalue weighted by Crippen LogP contribution is 2.40. The Morgan fingerprint density at radius 2 is 1.91 bits per heavy atom. The van der Waals surface area contributed by atoms with Crippen LogP contribution in [-0.2, 0) is 9.84 Å². The lowest BCUT2D eigenvalue weighted by molar-refractivity contribution is 0.0935. The van der Waals surface area contributed by atoms with Crippen molar-refractivity contribution in [3.8, 4) is 11.3 Å². The highest BCUT2D eigenvalue weighted by molar-refractivity contribution is 7.90. The molecule has 0 radical (unpaired) electrons. The van der Waals surface area contributed by atoms with Crippen LogP contribution in [0, 0.1) is 11.6 Å². The standard InChI is InChI=1S/C23H22F2N4O3S/c1-12(15-7-16(24)10-17(8-15)33(2,31)32)28-23(30)18-6-5-14(9-19(18)25)21-22(26)27-11-20(29-21)13-3-4-13/h5-13H,3-4H2,1-2H3,(H2,26,27)(H,28,30)/t12-/m1/s1. The molecular weight excluding hydrogens is 450 g/mol.